The van der Waals surface area contributed by atoms with Crippen molar-refractivity contribution in [1.29, 1.82) is 0 Å². The molecule has 2 saturated heterocycles. The van der Waals surface area contributed by atoms with Crippen LogP contribution in [0.2, 0.25) is 0 Å². The maximum Gasteiger partial charge on any atom is 0.282 e. The number of likely N-dealkylation sites (tertiary alicyclic amines) is 2. The predicted molar refractivity (Wildman–Crippen MR) is 126 cm³/mol. The number of rotatable bonds is 7. The van der Waals surface area contributed by atoms with E-state index in [0.29, 0.717) is 43.9 Å². The molecule has 3 amide bonds. The largest absolute Gasteiger partial charge is 0.356 e. The molecule has 2 unspecified atom stereocenters. The average Bonchev–Trinajstić information content (AvgIpc) is 3.50. The molecule has 1 saturated carbocycles. The summed E-state index contributed by atoms with van der Waals surface area (Å²) in [6.07, 6.45) is 9.01. The molecule has 1 aliphatic carbocycles. The first-order valence-corrected chi connectivity index (χ1v) is 12.8. The highest BCUT2D eigenvalue weighted by molar-refractivity contribution is 7.20. The molecule has 2 aliphatic heterocycles. The molecule has 176 valence electrons. The summed E-state index contributed by atoms with van der Waals surface area (Å²) in [6, 6.07) is 1.89. The van der Waals surface area contributed by atoms with Crippen LogP contribution in [-0.2, 0) is 9.59 Å². The maximum absolute atomic E-state index is 13.3. The van der Waals surface area contributed by atoms with Gasteiger partial charge < -0.3 is 15.1 Å². The minimum atomic E-state index is -0.00490. The fourth-order valence-electron chi connectivity index (χ4n) is 6.19. The van der Waals surface area contributed by atoms with Gasteiger partial charge in [-0.2, -0.15) is 0 Å². The minimum Gasteiger partial charge on any atom is -0.356 e. The van der Waals surface area contributed by atoms with E-state index < -0.39 is 0 Å². The third kappa shape index (κ3) is 3.90. The van der Waals surface area contributed by atoms with Crippen LogP contribution in [0, 0.1) is 10.8 Å². The van der Waals surface area contributed by atoms with Gasteiger partial charge in [-0.05, 0) is 31.7 Å². The van der Waals surface area contributed by atoms with Crippen molar-refractivity contribution in [3.05, 3.63) is 23.5 Å². The fraction of sp³-hybridized carbons (Fsp3) is 0.625. The van der Waals surface area contributed by atoms with E-state index in [9.17, 15) is 14.4 Å². The number of pyridine rings is 1. The third-order valence-electron chi connectivity index (χ3n) is 7.79. The van der Waals surface area contributed by atoms with Crippen LogP contribution in [0.5, 0.6) is 0 Å². The van der Waals surface area contributed by atoms with Crippen LogP contribution in [0.25, 0.3) is 10.2 Å². The highest BCUT2D eigenvalue weighted by Crippen LogP contribution is 2.62. The molecule has 0 bridgehead atoms. The molecule has 5 rings (SSSR count). The molecular formula is C24H31N5O3S. The lowest BCUT2D eigenvalue weighted by molar-refractivity contribution is -0.131. The molecule has 1 N–H and O–H groups in total. The number of amides is 3. The van der Waals surface area contributed by atoms with Crippen molar-refractivity contribution in [2.75, 3.05) is 32.7 Å². The summed E-state index contributed by atoms with van der Waals surface area (Å²) in [5.41, 5.74) is 0.756. The Balaban J connectivity index is 1.22. The number of thiazole rings is 1. The quantitative estimate of drug-likeness (QED) is 0.673. The molecule has 0 spiro atoms. The van der Waals surface area contributed by atoms with Crippen LogP contribution in [0.15, 0.2) is 18.5 Å². The number of nitrogens with one attached hydrogen (secondary N) is 1. The summed E-state index contributed by atoms with van der Waals surface area (Å²) >= 11 is 1.43. The predicted octanol–water partition coefficient (Wildman–Crippen LogP) is 2.84. The lowest BCUT2D eigenvalue weighted by Gasteiger charge is -2.29. The van der Waals surface area contributed by atoms with Crippen molar-refractivity contribution in [2.24, 2.45) is 10.8 Å². The second-order valence-electron chi connectivity index (χ2n) is 9.89. The van der Waals surface area contributed by atoms with Crippen molar-refractivity contribution >= 4 is 39.3 Å². The molecule has 0 radical (unpaired) electrons. The number of carbonyl (C=O) groups is 3. The van der Waals surface area contributed by atoms with Crippen LogP contribution in [0.4, 0.5) is 0 Å². The number of nitrogens with zero attached hydrogens (tertiary/aromatic N) is 4. The van der Waals surface area contributed by atoms with Crippen molar-refractivity contribution in [1.82, 2.24) is 25.1 Å². The van der Waals surface area contributed by atoms with E-state index in [4.69, 9.17) is 0 Å². The first-order valence-electron chi connectivity index (χ1n) is 12.0. The smallest absolute Gasteiger partial charge is 0.282 e. The van der Waals surface area contributed by atoms with Gasteiger partial charge in [-0.15, -0.1) is 11.3 Å². The molecule has 3 fully saturated rings. The summed E-state index contributed by atoms with van der Waals surface area (Å²) in [6.45, 7) is 5.55. The van der Waals surface area contributed by atoms with E-state index in [1.807, 2.05) is 22.8 Å². The molecule has 33 heavy (non-hydrogen) atoms. The number of fused-ring (bicyclic) bond motifs is 1. The standard InChI is InChI=1S/C24H31N5O3S/c1-2-10-26-19(30)5-3-6-20(31)28-13-23-8-4-9-24(23,14-28)16-29(15-23)22(32)21-27-17-12-25-11-7-18(17)33-21/h7,11-12H,2-6,8-10,13-16H2,1H3,(H,26,30). The zero-order chi connectivity index (χ0) is 23.1. The minimum absolute atomic E-state index is 0.00205. The normalized spacial score (nSPS) is 26.0. The monoisotopic (exact) mass is 469 g/mol. The Morgan fingerprint density at radius 2 is 1.82 bits per heavy atom. The van der Waals surface area contributed by atoms with Gasteiger partial charge in [0.2, 0.25) is 11.8 Å². The van der Waals surface area contributed by atoms with Gasteiger partial charge in [0.1, 0.15) is 5.52 Å². The summed E-state index contributed by atoms with van der Waals surface area (Å²) in [5, 5.41) is 3.39. The van der Waals surface area contributed by atoms with Crippen molar-refractivity contribution in [3.63, 3.8) is 0 Å². The van der Waals surface area contributed by atoms with Crippen molar-refractivity contribution in [3.8, 4) is 0 Å². The summed E-state index contributed by atoms with van der Waals surface area (Å²) in [7, 11) is 0. The Morgan fingerprint density at radius 3 is 2.52 bits per heavy atom. The highest BCUT2D eigenvalue weighted by atomic mass is 32.1. The number of hydrogen-bond donors (Lipinski definition) is 1. The second kappa shape index (κ2) is 8.66. The van der Waals surface area contributed by atoms with E-state index >= 15 is 0 Å². The Labute approximate surface area is 197 Å². The van der Waals surface area contributed by atoms with Gasteiger partial charge in [-0.1, -0.05) is 13.3 Å². The fourth-order valence-corrected chi connectivity index (χ4v) is 7.09. The van der Waals surface area contributed by atoms with Crippen LogP contribution in [-0.4, -0.2) is 70.2 Å². The Bertz CT molecular complexity index is 1030. The number of aromatic nitrogens is 2. The lowest BCUT2D eigenvalue weighted by atomic mass is 9.71. The summed E-state index contributed by atoms with van der Waals surface area (Å²) in [5.74, 6) is 0.170. The van der Waals surface area contributed by atoms with Crippen LogP contribution >= 0.6 is 11.3 Å². The van der Waals surface area contributed by atoms with Crippen molar-refractivity contribution in [2.45, 2.75) is 51.9 Å². The van der Waals surface area contributed by atoms with E-state index in [2.05, 4.69) is 15.3 Å². The van der Waals surface area contributed by atoms with Crippen LogP contribution in [0.3, 0.4) is 0 Å². The highest BCUT2D eigenvalue weighted by Gasteiger charge is 2.66. The van der Waals surface area contributed by atoms with E-state index in [0.717, 1.165) is 49.0 Å². The van der Waals surface area contributed by atoms with Gasteiger partial charge in [0, 0.05) is 62.6 Å². The molecule has 2 atom stereocenters. The van der Waals surface area contributed by atoms with Gasteiger partial charge in [0.25, 0.3) is 5.91 Å². The Morgan fingerprint density at radius 1 is 1.09 bits per heavy atom. The van der Waals surface area contributed by atoms with Gasteiger partial charge in [-0.25, -0.2) is 4.98 Å². The molecule has 9 heteroatoms. The van der Waals surface area contributed by atoms with Crippen molar-refractivity contribution < 1.29 is 14.4 Å². The second-order valence-corrected chi connectivity index (χ2v) is 10.9. The van der Waals surface area contributed by atoms with Gasteiger partial charge in [-0.3, -0.25) is 19.4 Å². The van der Waals surface area contributed by atoms with Gasteiger partial charge in [0.15, 0.2) is 5.01 Å². The molecule has 2 aromatic heterocycles. The topological polar surface area (TPSA) is 95.5 Å². The average molecular weight is 470 g/mol. The Kier molecular flexibility index (Phi) is 5.84. The van der Waals surface area contributed by atoms with E-state index in [-0.39, 0.29) is 28.6 Å². The molecular weight excluding hydrogens is 438 g/mol. The van der Waals surface area contributed by atoms with E-state index in [1.54, 1.807) is 12.4 Å². The molecule has 0 aromatic carbocycles. The number of carbonyl (C=O) groups excluding carboxylic acids is 3. The molecule has 4 heterocycles. The molecule has 8 nitrogen and oxygen atoms in total. The SMILES string of the molecule is CCCNC(=O)CCCC(=O)N1CC23CCCC2(C1)CN(C(=O)c1nc2cnccc2s1)C3. The Hall–Kier alpha value is -2.55. The first kappa shape index (κ1) is 22.3. The zero-order valence-corrected chi connectivity index (χ0v) is 20.0. The summed E-state index contributed by atoms with van der Waals surface area (Å²) < 4.78 is 0.976. The summed E-state index contributed by atoms with van der Waals surface area (Å²) in [4.78, 5) is 50.7. The van der Waals surface area contributed by atoms with Crippen LogP contribution in [0.1, 0.15) is 61.7 Å². The van der Waals surface area contributed by atoms with Crippen LogP contribution < -0.4 is 5.32 Å². The molecule has 3 aliphatic rings. The van der Waals surface area contributed by atoms with Gasteiger partial charge >= 0.3 is 0 Å². The number of hydrogen-bond acceptors (Lipinski definition) is 6. The first-order chi connectivity index (χ1) is 16.0. The lowest BCUT2D eigenvalue weighted by Crippen LogP contribution is -2.39. The molecule has 2 aromatic rings. The zero-order valence-electron chi connectivity index (χ0n) is 19.1. The maximum atomic E-state index is 13.3. The van der Waals surface area contributed by atoms with E-state index in [1.165, 1.54) is 11.3 Å². The van der Waals surface area contributed by atoms with Gasteiger partial charge in [0.05, 0.1) is 10.9 Å². The third-order valence-corrected chi connectivity index (χ3v) is 8.81.